The predicted octanol–water partition coefficient (Wildman–Crippen LogP) is 6.56. The van der Waals surface area contributed by atoms with Crippen molar-refractivity contribution in [3.05, 3.63) is 65.2 Å². The second-order valence-corrected chi connectivity index (χ2v) is 19.2. The van der Waals surface area contributed by atoms with Crippen LogP contribution < -0.4 is 20.3 Å². The molecule has 7 rings (SSSR count). The van der Waals surface area contributed by atoms with Gasteiger partial charge in [0.25, 0.3) is 0 Å². The molecule has 0 radical (unpaired) electrons. The number of imide groups is 1. The Kier molecular flexibility index (Phi) is 12.2. The summed E-state index contributed by atoms with van der Waals surface area (Å²) in [5, 5.41) is 6.79. The molecule has 16 heteroatoms. The largest absolute Gasteiger partial charge is 0.356 e. The highest BCUT2D eigenvalue weighted by atomic mass is 32.2. The van der Waals surface area contributed by atoms with Crippen molar-refractivity contribution in [2.24, 2.45) is 5.92 Å². The van der Waals surface area contributed by atoms with E-state index >= 15 is 4.39 Å². The van der Waals surface area contributed by atoms with Gasteiger partial charge in [0.05, 0.1) is 38.6 Å². The summed E-state index contributed by atoms with van der Waals surface area (Å²) < 4.78 is 43.5. The monoisotopic (exact) mass is 817 g/mol. The Morgan fingerprint density at radius 2 is 1.81 bits per heavy atom. The first-order valence-electron chi connectivity index (χ1n) is 19.9. The Bertz CT molecular complexity index is 2180. The van der Waals surface area contributed by atoms with Crippen LogP contribution in [0.1, 0.15) is 89.1 Å². The number of nitrogens with one attached hydrogen (secondary N) is 3. The molecular formula is C41H52FN9O4S2. The number of piperidine rings is 2. The van der Waals surface area contributed by atoms with Crippen LogP contribution >= 0.6 is 11.3 Å². The Morgan fingerprint density at radius 3 is 2.53 bits per heavy atom. The fourth-order valence-electron chi connectivity index (χ4n) is 7.76. The van der Waals surface area contributed by atoms with Crippen molar-refractivity contribution in [3.63, 3.8) is 0 Å². The second-order valence-electron chi connectivity index (χ2n) is 16.4. The van der Waals surface area contributed by atoms with E-state index in [4.69, 9.17) is 9.97 Å². The maximum Gasteiger partial charge on any atom is 0.234 e. The molecule has 3 fully saturated rings. The lowest BCUT2D eigenvalue weighted by atomic mass is 9.92. The summed E-state index contributed by atoms with van der Waals surface area (Å²) in [4.78, 5) is 48.4. The minimum Gasteiger partial charge on any atom is -0.356 e. The molecule has 0 saturated carbocycles. The molecule has 304 valence electrons. The molecule has 3 N–H and O–H groups in total. The van der Waals surface area contributed by atoms with E-state index in [0.29, 0.717) is 47.4 Å². The van der Waals surface area contributed by atoms with Crippen LogP contribution in [0.25, 0.3) is 21.8 Å². The number of nitrogens with zero attached hydrogens (tertiary/aromatic N) is 6. The molecule has 3 saturated heterocycles. The number of thiazole rings is 1. The van der Waals surface area contributed by atoms with Crippen molar-refractivity contribution in [3.8, 4) is 21.8 Å². The van der Waals surface area contributed by atoms with E-state index in [-0.39, 0.29) is 46.2 Å². The number of amides is 2. The molecule has 0 aliphatic carbocycles. The zero-order chi connectivity index (χ0) is 40.3. The van der Waals surface area contributed by atoms with Crippen molar-refractivity contribution in [1.82, 2.24) is 30.2 Å². The Morgan fingerprint density at radius 1 is 1.00 bits per heavy atom. The number of carbonyl (C=O) groups is 2. The molecule has 3 aliphatic rings. The molecular weight excluding hydrogens is 766 g/mol. The highest BCUT2D eigenvalue weighted by Crippen LogP contribution is 2.42. The molecule has 1 aromatic carbocycles. The van der Waals surface area contributed by atoms with Crippen molar-refractivity contribution < 1.29 is 22.4 Å². The third-order valence-corrected chi connectivity index (χ3v) is 13.9. The number of rotatable bonds is 13. The van der Waals surface area contributed by atoms with Crippen molar-refractivity contribution in [2.45, 2.75) is 90.0 Å². The Hall–Kier alpha value is -4.54. The standard InChI is InChI=1S/C41H52FN9O4S2/c1-5-23-57(54,55)49-31-8-6-7-30(35(31)42)36-37(56-39(48-36)41(2,3)4)32-13-18-43-40(46-32)45-28-16-20-50(21-17-28)19-14-26-15-22-51(25-26)33-11-9-27(24-44-33)29-10-12-34(52)47-38(29)53/h6-9,11,13,18,24,26,28-29,49H,5,10,12,14-17,19-23,25H2,1-4H3,(H,43,45,46)(H,47,52,53)/t26-,29?/m0/s1. The topological polar surface area (TPSA) is 162 Å². The number of hydrogen-bond acceptors (Lipinski definition) is 12. The summed E-state index contributed by atoms with van der Waals surface area (Å²) >= 11 is 1.46. The minimum atomic E-state index is -3.69. The van der Waals surface area contributed by atoms with Crippen molar-refractivity contribution in [1.29, 1.82) is 0 Å². The number of carbonyl (C=O) groups excluding carboxylic acids is 2. The quantitative estimate of drug-likeness (QED) is 0.125. The van der Waals surface area contributed by atoms with E-state index in [0.717, 1.165) is 74.8 Å². The Labute approximate surface area is 338 Å². The zero-order valence-electron chi connectivity index (χ0n) is 33.1. The van der Waals surface area contributed by atoms with Crippen LogP contribution in [-0.2, 0) is 25.0 Å². The molecule has 4 aromatic rings. The second kappa shape index (κ2) is 17.1. The van der Waals surface area contributed by atoms with Gasteiger partial charge in [-0.1, -0.05) is 39.8 Å². The summed E-state index contributed by atoms with van der Waals surface area (Å²) in [5.74, 6) is 0.480. The lowest BCUT2D eigenvalue weighted by Crippen LogP contribution is -2.40. The average molecular weight is 818 g/mol. The molecule has 3 aliphatic heterocycles. The van der Waals surface area contributed by atoms with Gasteiger partial charge in [-0.05, 0) is 80.8 Å². The van der Waals surface area contributed by atoms with E-state index in [1.807, 2.05) is 12.1 Å². The number of hydrogen-bond donors (Lipinski definition) is 3. The fourth-order valence-corrected chi connectivity index (χ4v) is 10.00. The smallest absolute Gasteiger partial charge is 0.234 e. The summed E-state index contributed by atoms with van der Waals surface area (Å²) in [5.41, 5.74) is 1.69. The van der Waals surface area contributed by atoms with Gasteiger partial charge in [-0.3, -0.25) is 19.6 Å². The van der Waals surface area contributed by atoms with E-state index in [2.05, 4.69) is 55.9 Å². The third-order valence-electron chi connectivity index (χ3n) is 10.9. The maximum atomic E-state index is 16.0. The van der Waals surface area contributed by atoms with Gasteiger partial charge in [-0.25, -0.2) is 32.7 Å². The molecule has 3 aromatic heterocycles. The maximum absolute atomic E-state index is 16.0. The van der Waals surface area contributed by atoms with Crippen LogP contribution in [0, 0.1) is 11.7 Å². The molecule has 0 spiro atoms. The van der Waals surface area contributed by atoms with Crippen LogP contribution in [0.15, 0.2) is 48.8 Å². The van der Waals surface area contributed by atoms with E-state index in [1.54, 1.807) is 37.5 Å². The first kappa shape index (κ1) is 40.6. The lowest BCUT2D eigenvalue weighted by molar-refractivity contribution is -0.134. The van der Waals surface area contributed by atoms with Crippen molar-refractivity contribution >= 4 is 50.6 Å². The molecule has 1 unspecified atom stereocenters. The van der Waals surface area contributed by atoms with Gasteiger partial charge in [-0.2, -0.15) is 0 Å². The zero-order valence-corrected chi connectivity index (χ0v) is 34.7. The Balaban J connectivity index is 0.939. The van der Waals surface area contributed by atoms with Crippen LogP contribution in [-0.4, -0.2) is 89.6 Å². The molecule has 13 nitrogen and oxygen atoms in total. The summed E-state index contributed by atoms with van der Waals surface area (Å²) in [6, 6.07) is 10.7. The highest BCUT2D eigenvalue weighted by molar-refractivity contribution is 7.92. The number of likely N-dealkylation sites (tertiary alicyclic amines) is 1. The van der Waals surface area contributed by atoms with Crippen LogP contribution in [0.5, 0.6) is 0 Å². The summed E-state index contributed by atoms with van der Waals surface area (Å²) in [6.07, 6.45) is 8.95. The van der Waals surface area contributed by atoms with Crippen LogP contribution in [0.2, 0.25) is 0 Å². The first-order valence-corrected chi connectivity index (χ1v) is 22.4. The molecule has 6 heterocycles. The first-order chi connectivity index (χ1) is 27.3. The lowest BCUT2D eigenvalue weighted by Gasteiger charge is -2.33. The van der Waals surface area contributed by atoms with Gasteiger partial charge < -0.3 is 15.1 Å². The minimum absolute atomic E-state index is 0.102. The SMILES string of the molecule is CCCS(=O)(=O)Nc1cccc(-c2nc(C(C)(C)C)sc2-c2ccnc(NC3CCN(CC[C@H]4CCN(c5ccc(C6CCC(=O)NC6=O)cn5)C4)CC3)n2)c1F. The normalized spacial score (nSPS) is 19.8. The number of pyridine rings is 1. The molecule has 0 bridgehead atoms. The van der Waals surface area contributed by atoms with Crippen LogP contribution in [0.3, 0.4) is 0 Å². The number of sulfonamides is 1. The molecule has 57 heavy (non-hydrogen) atoms. The molecule has 2 amide bonds. The van der Waals surface area contributed by atoms with E-state index in [1.165, 1.54) is 17.4 Å². The van der Waals surface area contributed by atoms with Crippen LogP contribution in [0.4, 0.5) is 21.8 Å². The van der Waals surface area contributed by atoms with Gasteiger partial charge in [0, 0.05) is 62.0 Å². The third kappa shape index (κ3) is 9.78. The van der Waals surface area contributed by atoms with Gasteiger partial charge in [0.2, 0.25) is 27.8 Å². The number of aromatic nitrogens is 4. The van der Waals surface area contributed by atoms with Gasteiger partial charge in [0.15, 0.2) is 5.82 Å². The van der Waals surface area contributed by atoms with Gasteiger partial charge in [0.1, 0.15) is 5.82 Å². The highest BCUT2D eigenvalue weighted by Gasteiger charge is 2.30. The van der Waals surface area contributed by atoms with Gasteiger partial charge in [-0.15, -0.1) is 11.3 Å². The number of halogens is 1. The van der Waals surface area contributed by atoms with Crippen molar-refractivity contribution in [2.75, 3.05) is 53.4 Å². The van der Waals surface area contributed by atoms with E-state index in [9.17, 15) is 18.0 Å². The van der Waals surface area contributed by atoms with E-state index < -0.39 is 15.8 Å². The fraction of sp³-hybridized carbons (Fsp3) is 0.512. The number of anilines is 3. The summed E-state index contributed by atoms with van der Waals surface area (Å²) in [7, 11) is -3.69. The average Bonchev–Trinajstić information content (AvgIpc) is 3.84. The number of benzene rings is 1. The predicted molar refractivity (Wildman–Crippen MR) is 222 cm³/mol. The molecule has 2 atom stereocenters. The summed E-state index contributed by atoms with van der Waals surface area (Å²) in [6.45, 7) is 12.8. The van der Waals surface area contributed by atoms with Gasteiger partial charge >= 0.3 is 0 Å².